The zero-order chi connectivity index (χ0) is 9.14. The molecule has 0 amide bonds. The van der Waals surface area contributed by atoms with Crippen LogP contribution in [0.2, 0.25) is 0 Å². The van der Waals surface area contributed by atoms with Crippen LogP contribution < -0.4 is 0 Å². The first-order valence-corrected chi connectivity index (χ1v) is 6.18. The molecular formula is C8H5Br2IO. The lowest BCUT2D eigenvalue weighted by molar-refractivity contribution is 0.102. The minimum absolute atomic E-state index is 0.0976. The zero-order valence-electron chi connectivity index (χ0n) is 5.98. The van der Waals surface area contributed by atoms with Gasteiger partial charge in [-0.05, 0) is 40.8 Å². The maximum atomic E-state index is 11.3. The molecule has 0 unspecified atom stereocenters. The third-order valence-electron chi connectivity index (χ3n) is 1.35. The third-order valence-corrected chi connectivity index (χ3v) is 3.22. The van der Waals surface area contributed by atoms with Crippen molar-refractivity contribution in [2.45, 2.75) is 0 Å². The fourth-order valence-electron chi connectivity index (χ4n) is 0.783. The van der Waals surface area contributed by atoms with Crippen molar-refractivity contribution >= 4 is 60.2 Å². The van der Waals surface area contributed by atoms with E-state index >= 15 is 0 Å². The van der Waals surface area contributed by atoms with Gasteiger partial charge in [0.05, 0.1) is 5.33 Å². The molecule has 0 bridgehead atoms. The maximum Gasteiger partial charge on any atom is 0.174 e. The van der Waals surface area contributed by atoms with Crippen molar-refractivity contribution in [3.05, 3.63) is 31.8 Å². The van der Waals surface area contributed by atoms with Crippen LogP contribution in [0.1, 0.15) is 10.4 Å². The first-order valence-electron chi connectivity index (χ1n) is 3.19. The Kier molecular flexibility index (Phi) is 4.19. The summed E-state index contributed by atoms with van der Waals surface area (Å²) >= 11 is 8.65. The number of benzene rings is 1. The average Bonchev–Trinajstić information content (AvgIpc) is 2.08. The molecule has 0 radical (unpaired) electrons. The molecule has 0 spiro atoms. The molecule has 1 rings (SSSR count). The van der Waals surface area contributed by atoms with E-state index in [0.29, 0.717) is 5.33 Å². The second kappa shape index (κ2) is 4.72. The van der Waals surface area contributed by atoms with Gasteiger partial charge in [-0.1, -0.05) is 31.9 Å². The molecule has 0 aromatic heterocycles. The van der Waals surface area contributed by atoms with Crippen LogP contribution in [0.3, 0.4) is 0 Å². The van der Waals surface area contributed by atoms with Crippen molar-refractivity contribution in [2.24, 2.45) is 0 Å². The second-order valence-electron chi connectivity index (χ2n) is 2.18. The van der Waals surface area contributed by atoms with Crippen molar-refractivity contribution in [2.75, 3.05) is 5.33 Å². The van der Waals surface area contributed by atoms with Gasteiger partial charge in [0.2, 0.25) is 0 Å². The summed E-state index contributed by atoms with van der Waals surface area (Å²) in [5.74, 6) is 0.0976. The van der Waals surface area contributed by atoms with E-state index in [1.54, 1.807) is 0 Å². The van der Waals surface area contributed by atoms with E-state index in [1.165, 1.54) is 0 Å². The van der Waals surface area contributed by atoms with Crippen LogP contribution in [0.15, 0.2) is 22.7 Å². The lowest BCUT2D eigenvalue weighted by atomic mass is 10.2. The lowest BCUT2D eigenvalue weighted by Crippen LogP contribution is -2.01. The fourth-order valence-corrected chi connectivity index (χ4v) is 2.04. The molecule has 4 heteroatoms. The van der Waals surface area contributed by atoms with Crippen molar-refractivity contribution in [3.8, 4) is 0 Å². The predicted molar refractivity (Wildman–Crippen MR) is 65.0 cm³/mol. The van der Waals surface area contributed by atoms with Crippen LogP contribution in [0.25, 0.3) is 0 Å². The Morgan fingerprint density at radius 2 is 2.17 bits per heavy atom. The highest BCUT2D eigenvalue weighted by atomic mass is 127. The van der Waals surface area contributed by atoms with Crippen molar-refractivity contribution in [3.63, 3.8) is 0 Å². The Balaban J connectivity index is 3.13. The Bertz CT molecular complexity index is 312. The normalized spacial score (nSPS) is 9.92. The minimum Gasteiger partial charge on any atom is -0.293 e. The highest BCUT2D eigenvalue weighted by Gasteiger charge is 2.08. The third kappa shape index (κ3) is 2.53. The highest BCUT2D eigenvalue weighted by molar-refractivity contribution is 14.1. The van der Waals surface area contributed by atoms with Gasteiger partial charge in [-0.25, -0.2) is 0 Å². The van der Waals surface area contributed by atoms with Crippen LogP contribution in [0, 0.1) is 3.57 Å². The highest BCUT2D eigenvalue weighted by Crippen LogP contribution is 2.20. The van der Waals surface area contributed by atoms with E-state index in [1.807, 2.05) is 18.2 Å². The molecule has 64 valence electrons. The SMILES string of the molecule is O=C(CBr)c1cc(I)ccc1Br. The van der Waals surface area contributed by atoms with Gasteiger partial charge in [0.25, 0.3) is 0 Å². The first-order chi connectivity index (χ1) is 5.65. The molecule has 0 N–H and O–H groups in total. The number of hydrogen-bond acceptors (Lipinski definition) is 1. The van der Waals surface area contributed by atoms with Gasteiger partial charge < -0.3 is 0 Å². The van der Waals surface area contributed by atoms with Crippen LogP contribution in [-0.4, -0.2) is 11.1 Å². The smallest absolute Gasteiger partial charge is 0.174 e. The Labute approximate surface area is 101 Å². The molecule has 0 fully saturated rings. The predicted octanol–water partition coefficient (Wildman–Crippen LogP) is 3.63. The van der Waals surface area contributed by atoms with E-state index in [0.717, 1.165) is 13.6 Å². The van der Waals surface area contributed by atoms with Crippen molar-refractivity contribution in [1.82, 2.24) is 0 Å². The summed E-state index contributed by atoms with van der Waals surface area (Å²) in [4.78, 5) is 11.3. The molecule has 1 aromatic carbocycles. The first kappa shape index (κ1) is 10.7. The maximum absolute atomic E-state index is 11.3. The Hall–Kier alpha value is 0.580. The molecule has 0 saturated heterocycles. The molecular weight excluding hydrogens is 399 g/mol. The quantitative estimate of drug-likeness (QED) is 0.418. The molecule has 0 atom stereocenters. The van der Waals surface area contributed by atoms with Gasteiger partial charge in [0, 0.05) is 13.6 Å². The van der Waals surface area contributed by atoms with E-state index in [9.17, 15) is 4.79 Å². The van der Waals surface area contributed by atoms with Gasteiger partial charge in [-0.3, -0.25) is 4.79 Å². The molecule has 0 heterocycles. The number of ketones is 1. The van der Waals surface area contributed by atoms with Crippen LogP contribution in [0.4, 0.5) is 0 Å². The summed E-state index contributed by atoms with van der Waals surface area (Å²) < 4.78 is 1.92. The molecule has 0 aliphatic carbocycles. The number of Topliss-reactive ketones (excluding diaryl/α,β-unsaturated/α-hetero) is 1. The van der Waals surface area contributed by atoms with Gasteiger partial charge in [-0.2, -0.15) is 0 Å². The largest absolute Gasteiger partial charge is 0.293 e. The van der Waals surface area contributed by atoms with E-state index in [-0.39, 0.29) is 5.78 Å². The van der Waals surface area contributed by atoms with Gasteiger partial charge in [0.1, 0.15) is 0 Å². The summed E-state index contributed by atoms with van der Waals surface area (Å²) in [7, 11) is 0. The molecule has 12 heavy (non-hydrogen) atoms. The summed E-state index contributed by atoms with van der Waals surface area (Å²) in [6, 6.07) is 5.71. The summed E-state index contributed by atoms with van der Waals surface area (Å²) in [6.07, 6.45) is 0. The zero-order valence-corrected chi connectivity index (χ0v) is 11.3. The fraction of sp³-hybridized carbons (Fsp3) is 0.125. The summed E-state index contributed by atoms with van der Waals surface area (Å²) in [5.41, 5.74) is 0.735. The van der Waals surface area contributed by atoms with Gasteiger partial charge >= 0.3 is 0 Å². The lowest BCUT2D eigenvalue weighted by Gasteiger charge is -2.00. The van der Waals surface area contributed by atoms with Gasteiger partial charge in [-0.15, -0.1) is 0 Å². The standard InChI is InChI=1S/C8H5Br2IO/c9-4-8(12)6-3-5(11)1-2-7(6)10/h1-3H,4H2. The van der Waals surface area contributed by atoms with Crippen LogP contribution >= 0.6 is 54.5 Å². The topological polar surface area (TPSA) is 17.1 Å². The van der Waals surface area contributed by atoms with Crippen LogP contribution in [-0.2, 0) is 0 Å². The van der Waals surface area contributed by atoms with E-state index in [2.05, 4.69) is 54.5 Å². The number of halogens is 3. The Morgan fingerprint density at radius 1 is 1.50 bits per heavy atom. The van der Waals surface area contributed by atoms with Crippen molar-refractivity contribution < 1.29 is 4.79 Å². The summed E-state index contributed by atoms with van der Waals surface area (Å²) in [6.45, 7) is 0. The molecule has 0 saturated carbocycles. The second-order valence-corrected chi connectivity index (χ2v) is 4.84. The number of carbonyl (C=O) groups is 1. The van der Waals surface area contributed by atoms with Crippen molar-refractivity contribution in [1.29, 1.82) is 0 Å². The average molecular weight is 404 g/mol. The minimum atomic E-state index is 0.0976. The van der Waals surface area contributed by atoms with E-state index in [4.69, 9.17) is 0 Å². The number of hydrogen-bond donors (Lipinski definition) is 0. The molecule has 0 aliphatic heterocycles. The van der Waals surface area contributed by atoms with Gasteiger partial charge in [0.15, 0.2) is 5.78 Å². The number of alkyl halides is 1. The Morgan fingerprint density at radius 3 is 2.75 bits per heavy atom. The summed E-state index contributed by atoms with van der Waals surface area (Å²) in [5, 5.41) is 0.367. The van der Waals surface area contributed by atoms with Crippen LogP contribution in [0.5, 0.6) is 0 Å². The number of rotatable bonds is 2. The molecule has 1 aromatic rings. The molecule has 0 aliphatic rings. The van der Waals surface area contributed by atoms with E-state index < -0.39 is 0 Å². The number of carbonyl (C=O) groups excluding carboxylic acids is 1. The monoisotopic (exact) mass is 402 g/mol. The molecule has 1 nitrogen and oxygen atoms in total.